The molecule has 0 aliphatic rings. The quantitative estimate of drug-likeness (QED) is 0.486. The van der Waals surface area contributed by atoms with E-state index >= 15 is 0 Å². The van der Waals surface area contributed by atoms with Crippen LogP contribution in [0.5, 0.6) is 0 Å². The van der Waals surface area contributed by atoms with Crippen LogP contribution in [-0.2, 0) is 4.74 Å². The summed E-state index contributed by atoms with van der Waals surface area (Å²) in [6.07, 6.45) is 2.88. The monoisotopic (exact) mass is 284 g/mol. The van der Waals surface area contributed by atoms with E-state index in [-0.39, 0.29) is 23.7 Å². The first-order chi connectivity index (χ1) is 10.3. The van der Waals surface area contributed by atoms with E-state index in [0.717, 1.165) is 0 Å². The zero-order valence-corrected chi connectivity index (χ0v) is 11.2. The smallest absolute Gasteiger partial charge is 0.343 e. The molecule has 8 heteroatoms. The van der Waals surface area contributed by atoms with Crippen LogP contribution in [0.15, 0.2) is 35.7 Å². The molecule has 2 aromatic rings. The largest absolute Gasteiger partial charge is 0.462 e. The summed E-state index contributed by atoms with van der Waals surface area (Å²) in [4.78, 5) is 15.7. The molecule has 0 bridgehead atoms. The molecule has 106 valence electrons. The minimum absolute atomic E-state index is 0.0833. The van der Waals surface area contributed by atoms with Gasteiger partial charge in [0.1, 0.15) is 17.3 Å². The minimum Gasteiger partial charge on any atom is -0.462 e. The first kappa shape index (κ1) is 14.2. The van der Waals surface area contributed by atoms with Crippen molar-refractivity contribution >= 4 is 17.5 Å². The molecule has 2 N–H and O–H groups in total. The third-order valence-electron chi connectivity index (χ3n) is 2.43. The van der Waals surface area contributed by atoms with Crippen LogP contribution in [0.3, 0.4) is 0 Å². The van der Waals surface area contributed by atoms with E-state index in [1.54, 1.807) is 31.3 Å². The normalized spacial score (nSPS) is 10.8. The van der Waals surface area contributed by atoms with Crippen LogP contribution in [0, 0.1) is 11.3 Å². The van der Waals surface area contributed by atoms with Gasteiger partial charge in [0.2, 0.25) is 0 Å². The van der Waals surface area contributed by atoms with Crippen LogP contribution in [0.25, 0.3) is 0 Å². The highest BCUT2D eigenvalue weighted by molar-refractivity contribution is 6.10. The summed E-state index contributed by atoms with van der Waals surface area (Å²) in [6.45, 7) is 1.96. The van der Waals surface area contributed by atoms with Crippen molar-refractivity contribution in [3.63, 3.8) is 0 Å². The lowest BCUT2D eigenvalue weighted by molar-refractivity contribution is 0.0527. The summed E-state index contributed by atoms with van der Waals surface area (Å²) in [5.74, 6) is -0.280. The van der Waals surface area contributed by atoms with Crippen molar-refractivity contribution in [2.24, 2.45) is 5.10 Å². The molecule has 0 aliphatic heterocycles. The zero-order valence-electron chi connectivity index (χ0n) is 11.2. The van der Waals surface area contributed by atoms with Gasteiger partial charge in [-0.2, -0.15) is 15.5 Å². The number of hydrogen-bond acceptors (Lipinski definition) is 7. The van der Waals surface area contributed by atoms with Gasteiger partial charge < -0.3 is 4.74 Å². The summed E-state index contributed by atoms with van der Waals surface area (Å²) >= 11 is 0. The van der Waals surface area contributed by atoms with Crippen molar-refractivity contribution < 1.29 is 9.53 Å². The molecule has 0 spiro atoms. The van der Waals surface area contributed by atoms with Gasteiger partial charge >= 0.3 is 5.97 Å². The topological polar surface area (TPSA) is 116 Å². The van der Waals surface area contributed by atoms with Gasteiger partial charge in [-0.3, -0.25) is 15.5 Å². The fourth-order valence-electron chi connectivity index (χ4n) is 1.49. The molecule has 0 saturated heterocycles. The van der Waals surface area contributed by atoms with Crippen molar-refractivity contribution in [3.8, 4) is 6.07 Å². The number of H-pyrrole nitrogens is 1. The van der Waals surface area contributed by atoms with Gasteiger partial charge in [-0.15, -0.1) is 0 Å². The van der Waals surface area contributed by atoms with Gasteiger partial charge in [-0.25, -0.2) is 4.79 Å². The fourth-order valence-corrected chi connectivity index (χ4v) is 1.49. The third kappa shape index (κ3) is 3.42. The molecular weight excluding hydrogens is 272 g/mol. The second-order valence-corrected chi connectivity index (χ2v) is 3.78. The van der Waals surface area contributed by atoms with Crippen molar-refractivity contribution in [2.75, 3.05) is 12.0 Å². The Morgan fingerprint density at radius 3 is 3.10 bits per heavy atom. The number of nitrogens with zero attached hydrogens (tertiary/aromatic N) is 4. The number of hydrazone groups is 1. The highest BCUT2D eigenvalue weighted by atomic mass is 16.5. The second kappa shape index (κ2) is 6.81. The van der Waals surface area contributed by atoms with Gasteiger partial charge in [-0.1, -0.05) is 6.07 Å². The first-order valence-corrected chi connectivity index (χ1v) is 6.12. The maximum absolute atomic E-state index is 11.7. The van der Waals surface area contributed by atoms with Crippen LogP contribution in [-0.4, -0.2) is 33.5 Å². The molecule has 0 radical (unpaired) electrons. The summed E-state index contributed by atoms with van der Waals surface area (Å²) in [7, 11) is 0. The standard InChI is InChI=1S/C13H12N6O2/c1-2-21-13(20)9-8-16-18-12(9)19-17-11(7-14)10-5-3-4-6-15-10/h3-6,8H,2H2,1H3,(H2,16,18,19)/b17-11+. The number of rotatable bonds is 5. The number of nitriles is 1. The van der Waals surface area contributed by atoms with E-state index in [0.29, 0.717) is 5.69 Å². The molecule has 0 amide bonds. The van der Waals surface area contributed by atoms with Crippen LogP contribution in [0.2, 0.25) is 0 Å². The lowest BCUT2D eigenvalue weighted by atomic mass is 10.2. The molecule has 0 aliphatic carbocycles. The maximum atomic E-state index is 11.7. The van der Waals surface area contributed by atoms with Gasteiger partial charge in [0.25, 0.3) is 0 Å². The Morgan fingerprint density at radius 2 is 2.43 bits per heavy atom. The summed E-state index contributed by atoms with van der Waals surface area (Å²) < 4.78 is 4.88. The lowest BCUT2D eigenvalue weighted by Gasteiger charge is -2.02. The minimum atomic E-state index is -0.528. The number of aromatic nitrogens is 3. The Labute approximate surface area is 120 Å². The number of esters is 1. The number of pyridine rings is 1. The van der Waals surface area contributed by atoms with E-state index in [2.05, 4.69) is 25.7 Å². The van der Waals surface area contributed by atoms with E-state index in [9.17, 15) is 4.79 Å². The van der Waals surface area contributed by atoms with Crippen molar-refractivity contribution in [3.05, 3.63) is 41.9 Å². The predicted octanol–water partition coefficient (Wildman–Crippen LogP) is 1.32. The molecule has 8 nitrogen and oxygen atoms in total. The van der Waals surface area contributed by atoms with Crippen molar-refractivity contribution in [2.45, 2.75) is 6.92 Å². The highest BCUT2D eigenvalue weighted by Crippen LogP contribution is 2.12. The fraction of sp³-hybridized carbons (Fsp3) is 0.154. The predicted molar refractivity (Wildman–Crippen MR) is 74.6 cm³/mol. The molecule has 0 aromatic carbocycles. The Hall–Kier alpha value is -3.21. The molecule has 2 aromatic heterocycles. The molecule has 2 rings (SSSR count). The van der Waals surface area contributed by atoms with Gasteiger partial charge in [0.15, 0.2) is 11.5 Å². The van der Waals surface area contributed by atoms with Crippen LogP contribution >= 0.6 is 0 Å². The lowest BCUT2D eigenvalue weighted by Crippen LogP contribution is -2.08. The molecular formula is C13H12N6O2. The Balaban J connectivity index is 2.19. The van der Waals surface area contributed by atoms with E-state index < -0.39 is 5.97 Å². The van der Waals surface area contributed by atoms with Gasteiger partial charge in [0, 0.05) is 6.20 Å². The molecule has 0 atom stereocenters. The second-order valence-electron chi connectivity index (χ2n) is 3.78. The molecule has 0 unspecified atom stereocenters. The highest BCUT2D eigenvalue weighted by Gasteiger charge is 2.14. The summed E-state index contributed by atoms with van der Waals surface area (Å²) in [6, 6.07) is 7.07. The van der Waals surface area contributed by atoms with Gasteiger partial charge in [-0.05, 0) is 19.1 Å². The number of ether oxygens (including phenoxy) is 1. The average Bonchev–Trinajstić information content (AvgIpc) is 2.98. The van der Waals surface area contributed by atoms with Crippen molar-refractivity contribution in [1.29, 1.82) is 5.26 Å². The van der Waals surface area contributed by atoms with Crippen LogP contribution in [0.1, 0.15) is 23.0 Å². The van der Waals surface area contributed by atoms with Crippen molar-refractivity contribution in [1.82, 2.24) is 15.2 Å². The average molecular weight is 284 g/mol. The molecule has 21 heavy (non-hydrogen) atoms. The first-order valence-electron chi connectivity index (χ1n) is 6.12. The number of carbonyl (C=O) groups is 1. The van der Waals surface area contributed by atoms with E-state index in [1.165, 1.54) is 6.20 Å². The SMILES string of the molecule is CCOC(=O)c1cn[nH]c1N/N=C(\C#N)c1ccccn1. The molecule has 0 fully saturated rings. The van der Waals surface area contributed by atoms with E-state index in [1.807, 2.05) is 6.07 Å². The van der Waals surface area contributed by atoms with Crippen LogP contribution < -0.4 is 5.43 Å². The molecule has 0 saturated carbocycles. The Bertz CT molecular complexity index is 686. The number of nitrogens with one attached hydrogen (secondary N) is 2. The molecule has 2 heterocycles. The Morgan fingerprint density at radius 1 is 1.57 bits per heavy atom. The number of aromatic amines is 1. The Kier molecular flexibility index (Phi) is 4.61. The number of anilines is 1. The number of carbonyl (C=O) groups excluding carboxylic acids is 1. The summed E-state index contributed by atoms with van der Waals surface area (Å²) in [5.41, 5.74) is 3.30. The maximum Gasteiger partial charge on any atom is 0.343 e. The van der Waals surface area contributed by atoms with E-state index in [4.69, 9.17) is 10.00 Å². The van der Waals surface area contributed by atoms with Crippen LogP contribution in [0.4, 0.5) is 5.82 Å². The summed E-state index contributed by atoms with van der Waals surface area (Å²) in [5, 5.41) is 19.3. The zero-order chi connectivity index (χ0) is 15.1. The third-order valence-corrected chi connectivity index (χ3v) is 2.43. The van der Waals surface area contributed by atoms with Gasteiger partial charge in [0.05, 0.1) is 12.8 Å². The number of hydrogen-bond donors (Lipinski definition) is 2.